The van der Waals surface area contributed by atoms with Gasteiger partial charge in [0.05, 0.1) is 18.1 Å². The molecule has 1 amide bonds. The number of hydrogen-bond acceptors (Lipinski definition) is 5. The van der Waals surface area contributed by atoms with Crippen molar-refractivity contribution in [3.8, 4) is 5.75 Å². The number of amides is 1. The molecule has 1 N–H and O–H groups in total. The van der Waals surface area contributed by atoms with E-state index in [1.807, 2.05) is 31.2 Å². The van der Waals surface area contributed by atoms with Crippen LogP contribution in [0, 0.1) is 6.92 Å². The molecule has 29 heavy (non-hydrogen) atoms. The summed E-state index contributed by atoms with van der Waals surface area (Å²) in [5.41, 5.74) is 2.02. The van der Waals surface area contributed by atoms with E-state index in [9.17, 15) is 13.2 Å². The zero-order valence-electron chi connectivity index (χ0n) is 16.5. The fourth-order valence-corrected chi connectivity index (χ4v) is 4.42. The Morgan fingerprint density at radius 3 is 2.55 bits per heavy atom. The predicted molar refractivity (Wildman–Crippen MR) is 109 cm³/mol. The van der Waals surface area contributed by atoms with Gasteiger partial charge in [-0.1, -0.05) is 24.3 Å². The van der Waals surface area contributed by atoms with Crippen molar-refractivity contribution in [2.45, 2.75) is 18.2 Å². The number of aryl methyl sites for hydroxylation is 1. The van der Waals surface area contributed by atoms with Crippen LogP contribution in [0.15, 0.2) is 53.4 Å². The number of hydrogen-bond donors (Lipinski definition) is 1. The third-order valence-corrected chi connectivity index (χ3v) is 6.54. The monoisotopic (exact) mass is 418 g/mol. The van der Waals surface area contributed by atoms with Gasteiger partial charge in [-0.15, -0.1) is 0 Å². The standard InChI is InChI=1S/C21H26N2O5S/c1-17-3-2-4-19(15-17)28-16-21(24)22-10-9-18-5-7-20(8-6-18)29(25,26)23-11-13-27-14-12-23/h2-8,15H,9-14,16H2,1H3,(H,22,24). The molecule has 1 aliphatic rings. The summed E-state index contributed by atoms with van der Waals surface area (Å²) in [6.45, 7) is 3.97. The Morgan fingerprint density at radius 1 is 1.14 bits per heavy atom. The highest BCUT2D eigenvalue weighted by Crippen LogP contribution is 2.18. The van der Waals surface area contributed by atoms with Crippen LogP contribution in [-0.2, 0) is 26.0 Å². The molecule has 1 aliphatic heterocycles. The molecule has 0 aliphatic carbocycles. The Bertz CT molecular complexity index is 922. The summed E-state index contributed by atoms with van der Waals surface area (Å²) in [7, 11) is -3.48. The molecule has 0 saturated carbocycles. The largest absolute Gasteiger partial charge is 0.484 e. The van der Waals surface area contributed by atoms with Crippen LogP contribution in [0.4, 0.5) is 0 Å². The third kappa shape index (κ3) is 6.03. The Labute approximate surface area is 171 Å². The number of ether oxygens (including phenoxy) is 2. The van der Waals surface area contributed by atoms with E-state index in [1.165, 1.54) is 4.31 Å². The molecule has 2 aromatic rings. The number of morpholine rings is 1. The van der Waals surface area contributed by atoms with Gasteiger partial charge >= 0.3 is 0 Å². The van der Waals surface area contributed by atoms with Gasteiger partial charge in [0.1, 0.15) is 5.75 Å². The second kappa shape index (κ2) is 9.87. The van der Waals surface area contributed by atoms with E-state index in [0.29, 0.717) is 45.0 Å². The lowest BCUT2D eigenvalue weighted by Crippen LogP contribution is -2.40. The highest BCUT2D eigenvalue weighted by Gasteiger charge is 2.25. The SMILES string of the molecule is Cc1cccc(OCC(=O)NCCc2ccc(S(=O)(=O)N3CCOCC3)cc2)c1. The number of carbonyl (C=O) groups excluding carboxylic acids is 1. The van der Waals surface area contributed by atoms with Gasteiger partial charge in [0.2, 0.25) is 10.0 Å². The van der Waals surface area contributed by atoms with E-state index < -0.39 is 10.0 Å². The first-order valence-corrected chi connectivity index (χ1v) is 11.0. The average molecular weight is 419 g/mol. The summed E-state index contributed by atoms with van der Waals surface area (Å²) in [5, 5.41) is 2.81. The van der Waals surface area contributed by atoms with Gasteiger partial charge in [-0.3, -0.25) is 4.79 Å². The van der Waals surface area contributed by atoms with Crippen LogP contribution in [0.5, 0.6) is 5.75 Å². The molecule has 7 nitrogen and oxygen atoms in total. The Hall–Kier alpha value is -2.42. The van der Waals surface area contributed by atoms with Gasteiger partial charge in [0, 0.05) is 19.6 Å². The van der Waals surface area contributed by atoms with Crippen LogP contribution < -0.4 is 10.1 Å². The molecule has 0 aromatic heterocycles. The fraction of sp³-hybridized carbons (Fsp3) is 0.381. The summed E-state index contributed by atoms with van der Waals surface area (Å²) in [4.78, 5) is 12.2. The van der Waals surface area contributed by atoms with Crippen molar-refractivity contribution < 1.29 is 22.7 Å². The van der Waals surface area contributed by atoms with Gasteiger partial charge in [-0.2, -0.15) is 4.31 Å². The smallest absolute Gasteiger partial charge is 0.257 e. The van der Waals surface area contributed by atoms with Gasteiger partial charge in [-0.05, 0) is 48.7 Å². The Morgan fingerprint density at radius 2 is 1.86 bits per heavy atom. The van der Waals surface area contributed by atoms with Crippen molar-refractivity contribution in [1.29, 1.82) is 0 Å². The zero-order valence-corrected chi connectivity index (χ0v) is 17.3. The number of rotatable bonds is 8. The minimum atomic E-state index is -3.48. The molecule has 1 fully saturated rings. The van der Waals surface area contributed by atoms with Crippen molar-refractivity contribution >= 4 is 15.9 Å². The molecule has 0 unspecified atom stereocenters. The Kier molecular flexibility index (Phi) is 7.24. The molecule has 0 spiro atoms. The van der Waals surface area contributed by atoms with Crippen LogP contribution in [0.2, 0.25) is 0 Å². The van der Waals surface area contributed by atoms with Crippen molar-refractivity contribution in [2.24, 2.45) is 0 Å². The molecule has 3 rings (SSSR count). The van der Waals surface area contributed by atoms with Crippen molar-refractivity contribution in [2.75, 3.05) is 39.5 Å². The highest BCUT2D eigenvalue weighted by atomic mass is 32.2. The first kappa shape index (κ1) is 21.3. The first-order valence-electron chi connectivity index (χ1n) is 9.58. The molecule has 0 radical (unpaired) electrons. The van der Waals surface area contributed by atoms with Crippen LogP contribution in [0.3, 0.4) is 0 Å². The second-order valence-corrected chi connectivity index (χ2v) is 8.80. The highest BCUT2D eigenvalue weighted by molar-refractivity contribution is 7.89. The van der Waals surface area contributed by atoms with E-state index in [2.05, 4.69) is 5.32 Å². The van der Waals surface area contributed by atoms with Crippen molar-refractivity contribution in [1.82, 2.24) is 9.62 Å². The van der Waals surface area contributed by atoms with Gasteiger partial charge in [0.25, 0.3) is 5.91 Å². The summed E-state index contributed by atoms with van der Waals surface area (Å²) in [6, 6.07) is 14.3. The molecular formula is C21H26N2O5S. The van der Waals surface area contributed by atoms with Crippen LogP contribution >= 0.6 is 0 Å². The average Bonchev–Trinajstić information content (AvgIpc) is 2.73. The molecule has 1 heterocycles. The van der Waals surface area contributed by atoms with E-state index in [4.69, 9.17) is 9.47 Å². The molecular weight excluding hydrogens is 392 g/mol. The molecule has 156 valence electrons. The molecule has 0 atom stereocenters. The summed E-state index contributed by atoms with van der Waals surface area (Å²) in [5.74, 6) is 0.468. The maximum atomic E-state index is 12.6. The minimum absolute atomic E-state index is 0.0415. The van der Waals surface area contributed by atoms with E-state index in [1.54, 1.807) is 24.3 Å². The summed E-state index contributed by atoms with van der Waals surface area (Å²) < 4.78 is 37.3. The topological polar surface area (TPSA) is 84.9 Å². The van der Waals surface area contributed by atoms with E-state index in [-0.39, 0.29) is 17.4 Å². The van der Waals surface area contributed by atoms with E-state index in [0.717, 1.165) is 11.1 Å². The number of nitrogens with one attached hydrogen (secondary N) is 1. The number of carbonyl (C=O) groups is 1. The van der Waals surface area contributed by atoms with Gasteiger partial charge < -0.3 is 14.8 Å². The quantitative estimate of drug-likeness (QED) is 0.706. The summed E-state index contributed by atoms with van der Waals surface area (Å²) in [6.07, 6.45) is 0.605. The van der Waals surface area contributed by atoms with Crippen molar-refractivity contribution in [3.05, 3.63) is 59.7 Å². The fourth-order valence-electron chi connectivity index (χ4n) is 3.02. The third-order valence-electron chi connectivity index (χ3n) is 4.63. The normalized spacial score (nSPS) is 15.1. The van der Waals surface area contributed by atoms with Crippen LogP contribution in [0.25, 0.3) is 0 Å². The maximum Gasteiger partial charge on any atom is 0.257 e. The maximum absolute atomic E-state index is 12.6. The summed E-state index contributed by atoms with van der Waals surface area (Å²) >= 11 is 0. The first-order chi connectivity index (χ1) is 13.9. The van der Waals surface area contributed by atoms with E-state index >= 15 is 0 Å². The Balaban J connectivity index is 1.44. The lowest BCUT2D eigenvalue weighted by Gasteiger charge is -2.26. The number of benzene rings is 2. The lowest BCUT2D eigenvalue weighted by molar-refractivity contribution is -0.123. The molecule has 8 heteroatoms. The molecule has 0 bridgehead atoms. The van der Waals surface area contributed by atoms with Crippen molar-refractivity contribution in [3.63, 3.8) is 0 Å². The van der Waals surface area contributed by atoms with Gasteiger partial charge in [0.15, 0.2) is 6.61 Å². The van der Waals surface area contributed by atoms with Gasteiger partial charge in [-0.25, -0.2) is 8.42 Å². The molecule has 1 saturated heterocycles. The predicted octanol–water partition coefficient (Wildman–Crippen LogP) is 1.75. The zero-order chi connectivity index (χ0) is 20.7. The van der Waals surface area contributed by atoms with Crippen LogP contribution in [-0.4, -0.2) is 58.1 Å². The van der Waals surface area contributed by atoms with Crippen LogP contribution in [0.1, 0.15) is 11.1 Å². The minimum Gasteiger partial charge on any atom is -0.484 e. The second-order valence-electron chi connectivity index (χ2n) is 6.87. The number of nitrogens with zero attached hydrogens (tertiary/aromatic N) is 1. The number of sulfonamides is 1. The molecule has 2 aromatic carbocycles. The lowest BCUT2D eigenvalue weighted by atomic mass is 10.1.